The lowest BCUT2D eigenvalue weighted by molar-refractivity contribution is 0.395. The normalized spacial score (nSPS) is 15.5. The second kappa shape index (κ2) is 4.76. The van der Waals surface area contributed by atoms with Crippen molar-refractivity contribution >= 4 is 13.5 Å². The molecule has 0 bridgehead atoms. The predicted octanol–water partition coefficient (Wildman–Crippen LogP) is 2.92. The predicted molar refractivity (Wildman–Crippen MR) is 64.4 cm³/mol. The van der Waals surface area contributed by atoms with Gasteiger partial charge in [-0.25, -0.2) is 0 Å². The molecule has 1 aromatic rings. The van der Waals surface area contributed by atoms with E-state index < -0.39 is 8.32 Å². The molecule has 1 atom stereocenters. The molecule has 0 aliphatic carbocycles. The van der Waals surface area contributed by atoms with Crippen LogP contribution in [0.15, 0.2) is 30.3 Å². The van der Waals surface area contributed by atoms with E-state index in [1.165, 1.54) is 5.19 Å². The Morgan fingerprint density at radius 1 is 1.21 bits per heavy atom. The van der Waals surface area contributed by atoms with Crippen molar-refractivity contribution in [1.29, 1.82) is 0 Å². The zero-order chi connectivity index (χ0) is 10.6. The van der Waals surface area contributed by atoms with Crippen molar-refractivity contribution in [2.75, 3.05) is 7.11 Å². The maximum Gasteiger partial charge on any atom is 0.225 e. The van der Waals surface area contributed by atoms with Gasteiger partial charge in [-0.2, -0.15) is 0 Å². The third-order valence-corrected chi connectivity index (χ3v) is 8.04. The van der Waals surface area contributed by atoms with Gasteiger partial charge in [0.05, 0.1) is 0 Å². The van der Waals surface area contributed by atoms with Crippen LogP contribution in [0, 0.1) is 0 Å². The van der Waals surface area contributed by atoms with Gasteiger partial charge in [0.1, 0.15) is 0 Å². The molecule has 0 fully saturated rings. The first-order valence-electron chi connectivity index (χ1n) is 5.28. The first-order valence-corrected chi connectivity index (χ1v) is 7.47. The van der Waals surface area contributed by atoms with Gasteiger partial charge in [0.25, 0.3) is 0 Å². The summed E-state index contributed by atoms with van der Waals surface area (Å²) in [6, 6.07) is 11.8. The van der Waals surface area contributed by atoms with Crippen LogP contribution in [0.5, 0.6) is 0 Å². The molecule has 0 spiro atoms. The summed E-state index contributed by atoms with van der Waals surface area (Å²) in [6.07, 6.45) is 0. The van der Waals surface area contributed by atoms with Gasteiger partial charge in [-0.15, -0.1) is 0 Å². The Hall–Kier alpha value is -0.603. The molecule has 14 heavy (non-hydrogen) atoms. The van der Waals surface area contributed by atoms with Crippen molar-refractivity contribution in [3.8, 4) is 0 Å². The van der Waals surface area contributed by atoms with Gasteiger partial charge in [-0.3, -0.25) is 0 Å². The summed E-state index contributed by atoms with van der Waals surface area (Å²) in [5.74, 6) is 0. The van der Waals surface area contributed by atoms with E-state index in [2.05, 4.69) is 51.1 Å². The molecule has 0 amide bonds. The minimum atomic E-state index is -1.70. The fraction of sp³-hybridized carbons (Fsp3) is 0.500. The Labute approximate surface area is 88.2 Å². The number of rotatable bonds is 4. The molecule has 1 aromatic carbocycles. The zero-order valence-electron chi connectivity index (χ0n) is 9.58. The Morgan fingerprint density at radius 3 is 2.14 bits per heavy atom. The molecule has 0 aliphatic rings. The van der Waals surface area contributed by atoms with Crippen LogP contribution in [0.3, 0.4) is 0 Å². The van der Waals surface area contributed by atoms with Crippen molar-refractivity contribution in [1.82, 2.24) is 0 Å². The fourth-order valence-electron chi connectivity index (χ4n) is 2.16. The smallest absolute Gasteiger partial charge is 0.225 e. The monoisotopic (exact) mass is 208 g/mol. The standard InChI is InChI=1S/C12H20OSi/c1-5-14(13-4,11(2)3)12-9-7-6-8-10-12/h6-11H,5H2,1-4H3. The number of benzene rings is 1. The molecule has 0 saturated heterocycles. The molecule has 0 N–H and O–H groups in total. The molecule has 0 saturated carbocycles. The van der Waals surface area contributed by atoms with Gasteiger partial charge in [-0.05, 0) is 16.8 Å². The van der Waals surface area contributed by atoms with Crippen molar-refractivity contribution in [3.63, 3.8) is 0 Å². The topological polar surface area (TPSA) is 9.23 Å². The zero-order valence-corrected chi connectivity index (χ0v) is 10.6. The maximum absolute atomic E-state index is 5.87. The van der Waals surface area contributed by atoms with Gasteiger partial charge in [-0.1, -0.05) is 51.1 Å². The average Bonchev–Trinajstić information content (AvgIpc) is 2.22. The summed E-state index contributed by atoms with van der Waals surface area (Å²) in [4.78, 5) is 0. The SMILES string of the molecule is CC[Si](OC)(c1ccccc1)C(C)C. The highest BCUT2D eigenvalue weighted by Crippen LogP contribution is 2.25. The van der Waals surface area contributed by atoms with Gasteiger partial charge in [0.2, 0.25) is 8.32 Å². The van der Waals surface area contributed by atoms with E-state index in [0.717, 1.165) is 6.04 Å². The van der Waals surface area contributed by atoms with Crippen molar-refractivity contribution in [2.24, 2.45) is 0 Å². The van der Waals surface area contributed by atoms with Crippen LogP contribution in [0.1, 0.15) is 20.8 Å². The minimum absolute atomic E-state index is 0.625. The second-order valence-electron chi connectivity index (χ2n) is 3.97. The van der Waals surface area contributed by atoms with Crippen molar-refractivity contribution in [2.45, 2.75) is 32.4 Å². The van der Waals surface area contributed by atoms with E-state index >= 15 is 0 Å². The largest absolute Gasteiger partial charge is 0.415 e. The summed E-state index contributed by atoms with van der Waals surface area (Å²) in [5, 5.41) is 1.42. The van der Waals surface area contributed by atoms with Gasteiger partial charge in [0.15, 0.2) is 0 Å². The molecular weight excluding hydrogens is 188 g/mol. The van der Waals surface area contributed by atoms with Crippen LogP contribution in [-0.4, -0.2) is 15.4 Å². The van der Waals surface area contributed by atoms with Crippen LogP contribution < -0.4 is 5.19 Å². The Morgan fingerprint density at radius 2 is 1.79 bits per heavy atom. The van der Waals surface area contributed by atoms with Gasteiger partial charge >= 0.3 is 0 Å². The summed E-state index contributed by atoms with van der Waals surface area (Å²) in [7, 11) is 0.167. The van der Waals surface area contributed by atoms with Gasteiger partial charge in [0, 0.05) is 7.11 Å². The molecule has 1 unspecified atom stereocenters. The highest BCUT2D eigenvalue weighted by Gasteiger charge is 2.37. The average molecular weight is 208 g/mol. The lowest BCUT2D eigenvalue weighted by Crippen LogP contribution is -2.52. The second-order valence-corrected chi connectivity index (χ2v) is 8.59. The molecule has 78 valence electrons. The third kappa shape index (κ3) is 1.91. The third-order valence-electron chi connectivity index (χ3n) is 3.08. The Bertz CT molecular complexity index is 265. The quantitative estimate of drug-likeness (QED) is 0.691. The molecule has 0 heterocycles. The fourth-order valence-corrected chi connectivity index (χ4v) is 5.81. The van der Waals surface area contributed by atoms with Crippen LogP contribution >= 0.6 is 0 Å². The summed E-state index contributed by atoms with van der Waals surface area (Å²) < 4.78 is 5.87. The van der Waals surface area contributed by atoms with Crippen molar-refractivity contribution in [3.05, 3.63) is 30.3 Å². The van der Waals surface area contributed by atoms with E-state index in [0.29, 0.717) is 5.54 Å². The molecule has 2 heteroatoms. The maximum atomic E-state index is 5.87. The Balaban J connectivity index is 3.11. The van der Waals surface area contributed by atoms with E-state index in [9.17, 15) is 0 Å². The first-order chi connectivity index (χ1) is 6.67. The van der Waals surface area contributed by atoms with Crippen LogP contribution in [0.25, 0.3) is 0 Å². The highest BCUT2D eigenvalue weighted by atomic mass is 28.4. The van der Waals surface area contributed by atoms with Crippen molar-refractivity contribution < 1.29 is 4.43 Å². The first kappa shape index (κ1) is 11.5. The van der Waals surface area contributed by atoms with E-state index in [1.807, 2.05) is 7.11 Å². The molecule has 0 aliphatic heterocycles. The summed E-state index contributed by atoms with van der Waals surface area (Å²) in [6.45, 7) is 6.78. The summed E-state index contributed by atoms with van der Waals surface area (Å²) >= 11 is 0. The van der Waals surface area contributed by atoms with E-state index in [-0.39, 0.29) is 0 Å². The molecular formula is C12H20OSi. The Kier molecular flexibility index (Phi) is 3.90. The number of hydrogen-bond acceptors (Lipinski definition) is 1. The van der Waals surface area contributed by atoms with Gasteiger partial charge < -0.3 is 4.43 Å². The van der Waals surface area contributed by atoms with Crippen LogP contribution in [0.2, 0.25) is 11.6 Å². The highest BCUT2D eigenvalue weighted by molar-refractivity contribution is 6.87. The molecule has 0 aromatic heterocycles. The van der Waals surface area contributed by atoms with E-state index in [4.69, 9.17) is 4.43 Å². The molecule has 1 rings (SSSR count). The lowest BCUT2D eigenvalue weighted by atomic mass is 10.4. The van der Waals surface area contributed by atoms with Crippen LogP contribution in [-0.2, 0) is 4.43 Å². The minimum Gasteiger partial charge on any atom is -0.415 e. The lowest BCUT2D eigenvalue weighted by Gasteiger charge is -2.32. The van der Waals surface area contributed by atoms with E-state index in [1.54, 1.807) is 0 Å². The van der Waals surface area contributed by atoms with Crippen LogP contribution in [0.4, 0.5) is 0 Å². The molecule has 0 radical (unpaired) electrons. The number of hydrogen-bond donors (Lipinski definition) is 0. The summed E-state index contributed by atoms with van der Waals surface area (Å²) in [5.41, 5.74) is 0.625. The molecule has 1 nitrogen and oxygen atoms in total.